The Morgan fingerprint density at radius 1 is 1.09 bits per heavy atom. The molecule has 0 spiro atoms. The molecule has 0 heterocycles. The lowest BCUT2D eigenvalue weighted by Gasteiger charge is -2.33. The van der Waals surface area contributed by atoms with Gasteiger partial charge in [-0.05, 0) is 59.5 Å². The van der Waals surface area contributed by atoms with E-state index < -0.39 is 28.5 Å². The van der Waals surface area contributed by atoms with Crippen LogP contribution in [0.15, 0.2) is 53.0 Å². The van der Waals surface area contributed by atoms with Crippen LogP contribution in [0.25, 0.3) is 0 Å². The molecule has 2 aromatic rings. The monoisotopic (exact) mass is 583 g/mol. The van der Waals surface area contributed by atoms with Crippen molar-refractivity contribution in [2.45, 2.75) is 57.7 Å². The normalized spacial score (nSPS) is 15.3. The molecule has 1 fully saturated rings. The third kappa shape index (κ3) is 7.44. The summed E-state index contributed by atoms with van der Waals surface area (Å²) in [7, 11) is -3.79. The highest BCUT2D eigenvalue weighted by Gasteiger charge is 2.32. The van der Waals surface area contributed by atoms with E-state index in [4.69, 9.17) is 11.6 Å². The van der Waals surface area contributed by atoms with E-state index in [1.807, 2.05) is 0 Å². The SMILES string of the molecule is C[C@@H](C(=O)NC1CCCCC1)N(Cc1ccccc1Cl)C(=O)CN(c1ccccc1Br)S(C)(=O)=O. The quantitative estimate of drug-likeness (QED) is 0.462. The fourth-order valence-corrected chi connectivity index (χ4v) is 5.88. The van der Waals surface area contributed by atoms with Crippen molar-refractivity contribution in [1.82, 2.24) is 10.2 Å². The molecule has 0 saturated heterocycles. The van der Waals surface area contributed by atoms with Gasteiger partial charge in [-0.1, -0.05) is 61.2 Å². The van der Waals surface area contributed by atoms with Crippen molar-refractivity contribution >= 4 is 55.1 Å². The van der Waals surface area contributed by atoms with Crippen LogP contribution in [-0.4, -0.2) is 50.0 Å². The number of nitrogens with zero attached hydrogens (tertiary/aromatic N) is 2. The maximum absolute atomic E-state index is 13.6. The molecule has 1 saturated carbocycles. The van der Waals surface area contributed by atoms with Gasteiger partial charge in [-0.25, -0.2) is 8.42 Å². The van der Waals surface area contributed by atoms with Crippen LogP contribution in [0.2, 0.25) is 5.02 Å². The Morgan fingerprint density at radius 3 is 2.34 bits per heavy atom. The summed E-state index contributed by atoms with van der Waals surface area (Å²) in [5, 5.41) is 3.54. The van der Waals surface area contributed by atoms with Crippen molar-refractivity contribution in [3.05, 3.63) is 63.6 Å². The van der Waals surface area contributed by atoms with Gasteiger partial charge in [0.05, 0.1) is 11.9 Å². The van der Waals surface area contributed by atoms with E-state index in [2.05, 4.69) is 21.2 Å². The molecule has 0 radical (unpaired) electrons. The van der Waals surface area contributed by atoms with E-state index in [9.17, 15) is 18.0 Å². The highest BCUT2D eigenvalue weighted by Crippen LogP contribution is 2.28. The summed E-state index contributed by atoms with van der Waals surface area (Å²) in [6, 6.07) is 13.2. The molecule has 1 atom stereocenters. The topological polar surface area (TPSA) is 86.8 Å². The minimum absolute atomic E-state index is 0.0747. The smallest absolute Gasteiger partial charge is 0.244 e. The Labute approximate surface area is 221 Å². The van der Waals surface area contributed by atoms with E-state index in [0.717, 1.165) is 42.7 Å². The molecule has 0 unspecified atom stereocenters. The van der Waals surface area contributed by atoms with Gasteiger partial charge in [0.2, 0.25) is 21.8 Å². The van der Waals surface area contributed by atoms with E-state index >= 15 is 0 Å². The number of halogens is 2. The number of hydrogen-bond acceptors (Lipinski definition) is 4. The van der Waals surface area contributed by atoms with E-state index in [-0.39, 0.29) is 18.5 Å². The molecule has 190 valence electrons. The van der Waals surface area contributed by atoms with Gasteiger partial charge in [0, 0.05) is 22.1 Å². The van der Waals surface area contributed by atoms with Crippen molar-refractivity contribution in [3.63, 3.8) is 0 Å². The number of nitrogens with one attached hydrogen (secondary N) is 1. The van der Waals surface area contributed by atoms with E-state index in [1.165, 1.54) is 4.90 Å². The van der Waals surface area contributed by atoms with Crippen molar-refractivity contribution in [2.75, 3.05) is 17.1 Å². The Kier molecular flexibility index (Phi) is 9.61. The van der Waals surface area contributed by atoms with Gasteiger partial charge in [-0.2, -0.15) is 0 Å². The van der Waals surface area contributed by atoms with E-state index in [0.29, 0.717) is 20.7 Å². The molecule has 10 heteroatoms. The van der Waals surface area contributed by atoms with Crippen LogP contribution < -0.4 is 9.62 Å². The van der Waals surface area contributed by atoms with Gasteiger partial charge in [-0.15, -0.1) is 0 Å². The molecule has 0 aromatic heterocycles. The Balaban J connectivity index is 1.89. The maximum Gasteiger partial charge on any atom is 0.244 e. The zero-order chi connectivity index (χ0) is 25.6. The zero-order valence-electron chi connectivity index (χ0n) is 19.9. The number of sulfonamides is 1. The van der Waals surface area contributed by atoms with Crippen molar-refractivity contribution in [2.24, 2.45) is 0 Å². The number of amides is 2. The van der Waals surface area contributed by atoms with E-state index in [1.54, 1.807) is 55.5 Å². The lowest BCUT2D eigenvalue weighted by Crippen LogP contribution is -2.53. The molecule has 7 nitrogen and oxygen atoms in total. The van der Waals surface area contributed by atoms with Gasteiger partial charge in [0.25, 0.3) is 0 Å². The zero-order valence-corrected chi connectivity index (χ0v) is 23.1. The molecule has 1 aliphatic rings. The minimum Gasteiger partial charge on any atom is -0.352 e. The second-order valence-corrected chi connectivity index (χ2v) is 12.0. The summed E-state index contributed by atoms with van der Waals surface area (Å²) >= 11 is 9.73. The predicted molar refractivity (Wildman–Crippen MR) is 143 cm³/mol. The van der Waals surface area contributed by atoms with Gasteiger partial charge in [0.15, 0.2) is 0 Å². The van der Waals surface area contributed by atoms with Crippen LogP contribution in [0.4, 0.5) is 5.69 Å². The first-order valence-corrected chi connectivity index (χ1v) is 14.7. The van der Waals surface area contributed by atoms with Crippen LogP contribution in [0, 0.1) is 0 Å². The predicted octanol–water partition coefficient (Wildman–Crippen LogP) is 4.73. The van der Waals surface area contributed by atoms with Crippen LogP contribution in [0.5, 0.6) is 0 Å². The molecule has 35 heavy (non-hydrogen) atoms. The third-order valence-electron chi connectivity index (χ3n) is 6.22. The van der Waals surface area contributed by atoms with Gasteiger partial charge < -0.3 is 10.2 Å². The average molecular weight is 585 g/mol. The van der Waals surface area contributed by atoms with Crippen LogP contribution in [0.1, 0.15) is 44.6 Å². The van der Waals surface area contributed by atoms with Crippen LogP contribution >= 0.6 is 27.5 Å². The summed E-state index contributed by atoms with van der Waals surface area (Å²) in [5.74, 6) is -0.763. The number of anilines is 1. The summed E-state index contributed by atoms with van der Waals surface area (Å²) in [5.41, 5.74) is 1.02. The Hall–Kier alpha value is -2.10. The standard InChI is InChI=1S/C25H31BrClN3O4S/c1-18(25(32)28-20-11-4-3-5-12-20)29(16-19-10-6-8-14-22(19)27)24(31)17-30(35(2,33)34)23-15-9-7-13-21(23)26/h6-10,13-15,18,20H,3-5,11-12,16-17H2,1-2H3,(H,28,32)/t18-/m0/s1. The molecule has 0 bridgehead atoms. The molecular weight excluding hydrogens is 554 g/mol. The fourth-order valence-electron chi connectivity index (χ4n) is 4.21. The summed E-state index contributed by atoms with van der Waals surface area (Å²) in [4.78, 5) is 28.2. The fraction of sp³-hybridized carbons (Fsp3) is 0.440. The maximum atomic E-state index is 13.6. The summed E-state index contributed by atoms with van der Waals surface area (Å²) in [6.45, 7) is 1.29. The van der Waals surface area contributed by atoms with Crippen molar-refractivity contribution in [3.8, 4) is 0 Å². The summed E-state index contributed by atoms with van der Waals surface area (Å²) < 4.78 is 26.9. The third-order valence-corrected chi connectivity index (χ3v) is 8.38. The molecule has 1 N–H and O–H groups in total. The first-order valence-electron chi connectivity index (χ1n) is 11.6. The highest BCUT2D eigenvalue weighted by molar-refractivity contribution is 9.10. The van der Waals surface area contributed by atoms with Crippen LogP contribution in [0.3, 0.4) is 0 Å². The average Bonchev–Trinajstić information content (AvgIpc) is 2.82. The first kappa shape index (κ1) is 27.5. The number of benzene rings is 2. The first-order chi connectivity index (χ1) is 16.6. The van der Waals surface area contributed by atoms with Crippen LogP contribution in [-0.2, 0) is 26.2 Å². The molecule has 3 rings (SSSR count). The lowest BCUT2D eigenvalue weighted by atomic mass is 9.95. The van der Waals surface area contributed by atoms with Crippen molar-refractivity contribution < 1.29 is 18.0 Å². The molecular formula is C25H31BrClN3O4S. The molecule has 1 aliphatic carbocycles. The number of rotatable bonds is 9. The second-order valence-electron chi connectivity index (χ2n) is 8.85. The van der Waals surface area contributed by atoms with Gasteiger partial charge >= 0.3 is 0 Å². The van der Waals surface area contributed by atoms with Gasteiger partial charge in [0.1, 0.15) is 12.6 Å². The largest absolute Gasteiger partial charge is 0.352 e. The molecule has 2 aromatic carbocycles. The highest BCUT2D eigenvalue weighted by atomic mass is 79.9. The lowest BCUT2D eigenvalue weighted by molar-refractivity contribution is -0.139. The molecule has 2 amide bonds. The Morgan fingerprint density at radius 2 is 1.71 bits per heavy atom. The summed E-state index contributed by atoms with van der Waals surface area (Å²) in [6.07, 6.45) is 6.18. The second kappa shape index (κ2) is 12.2. The number of hydrogen-bond donors (Lipinski definition) is 1. The van der Waals surface area contributed by atoms with Crippen molar-refractivity contribution in [1.29, 1.82) is 0 Å². The molecule has 0 aliphatic heterocycles. The minimum atomic E-state index is -3.79. The number of carbonyl (C=O) groups is 2. The number of carbonyl (C=O) groups excluding carboxylic acids is 2. The number of para-hydroxylation sites is 1. The van der Waals surface area contributed by atoms with Gasteiger partial charge in [-0.3, -0.25) is 13.9 Å². The Bertz CT molecular complexity index is 1150.